The summed E-state index contributed by atoms with van der Waals surface area (Å²) in [6.07, 6.45) is 2.25. The molecule has 2 heterocycles. The minimum atomic E-state index is -1.58. The molecular weight excluding hydrogens is 748 g/mol. The second kappa shape index (κ2) is 12.1. The molecule has 1 saturated carbocycles. The Balaban J connectivity index is 1.33. The summed E-state index contributed by atoms with van der Waals surface area (Å²) < 4.78 is 14.6. The van der Waals surface area contributed by atoms with Gasteiger partial charge in [-0.2, -0.15) is 5.01 Å². The van der Waals surface area contributed by atoms with E-state index >= 15 is 4.79 Å². The minimum Gasteiger partial charge on any atom is -0.508 e. The summed E-state index contributed by atoms with van der Waals surface area (Å²) in [6, 6.07) is 23.4. The standard InChI is InChI=1S/C38H27BrCl2FN3O5/c39-20-3-11-24(12-4-20)44-34(47)28-16-15-26-29(32(28)36(44)49)18-30-35(48)45(43-23-9-7-22(42)8-10-23)37(50)38(30,19-1-5-21(40)6-2-19)33(26)27-14-13-25(46)17-31(27)41/h1-15,17,28-30,32-33,43,46H,16,18H2. The second-order valence-electron chi connectivity index (χ2n) is 13.1. The van der Waals surface area contributed by atoms with Crippen LogP contribution in [0.2, 0.25) is 10.0 Å². The zero-order valence-corrected chi connectivity index (χ0v) is 29.1. The Kier molecular flexibility index (Phi) is 7.89. The van der Waals surface area contributed by atoms with Crippen LogP contribution >= 0.6 is 39.1 Å². The highest BCUT2D eigenvalue weighted by molar-refractivity contribution is 9.10. The predicted octanol–water partition coefficient (Wildman–Crippen LogP) is 7.79. The molecule has 50 heavy (non-hydrogen) atoms. The molecule has 0 spiro atoms. The fraction of sp³-hybridized carbons (Fsp3) is 0.211. The van der Waals surface area contributed by atoms with Crippen LogP contribution in [0.25, 0.3) is 0 Å². The van der Waals surface area contributed by atoms with Crippen molar-refractivity contribution in [2.45, 2.75) is 24.2 Å². The smallest absolute Gasteiger partial charge is 0.260 e. The van der Waals surface area contributed by atoms with Gasteiger partial charge in [0.05, 0.1) is 34.5 Å². The van der Waals surface area contributed by atoms with Gasteiger partial charge in [0.25, 0.3) is 11.8 Å². The molecule has 4 aromatic rings. The molecule has 4 aromatic carbocycles. The van der Waals surface area contributed by atoms with Crippen molar-refractivity contribution in [3.63, 3.8) is 0 Å². The summed E-state index contributed by atoms with van der Waals surface area (Å²) in [5.41, 5.74) is 3.80. The van der Waals surface area contributed by atoms with Gasteiger partial charge in [-0.3, -0.25) is 29.5 Å². The first-order valence-electron chi connectivity index (χ1n) is 16.0. The van der Waals surface area contributed by atoms with Gasteiger partial charge in [0.2, 0.25) is 11.8 Å². The first-order valence-corrected chi connectivity index (χ1v) is 17.5. The molecule has 12 heteroatoms. The highest BCUT2D eigenvalue weighted by Gasteiger charge is 2.70. The number of carbonyl (C=O) groups is 4. The number of phenolic OH excluding ortho intramolecular Hbond substituents is 1. The van der Waals surface area contributed by atoms with Crippen molar-refractivity contribution >= 4 is 74.1 Å². The zero-order valence-electron chi connectivity index (χ0n) is 26.0. The van der Waals surface area contributed by atoms with Crippen molar-refractivity contribution in [1.29, 1.82) is 0 Å². The van der Waals surface area contributed by atoms with Gasteiger partial charge in [-0.05, 0) is 103 Å². The third-order valence-electron chi connectivity index (χ3n) is 10.6. The molecule has 0 aromatic heterocycles. The van der Waals surface area contributed by atoms with Gasteiger partial charge in [-0.1, -0.05) is 69.0 Å². The van der Waals surface area contributed by atoms with Gasteiger partial charge in [-0.15, -0.1) is 0 Å². The Morgan fingerprint density at radius 3 is 2.22 bits per heavy atom. The van der Waals surface area contributed by atoms with E-state index in [4.69, 9.17) is 23.2 Å². The van der Waals surface area contributed by atoms with Crippen molar-refractivity contribution in [3.8, 4) is 5.75 Å². The summed E-state index contributed by atoms with van der Waals surface area (Å²) in [4.78, 5) is 59.4. The molecule has 2 N–H and O–H groups in total. The topological polar surface area (TPSA) is 107 Å². The van der Waals surface area contributed by atoms with Crippen LogP contribution in [0, 0.1) is 29.5 Å². The summed E-state index contributed by atoms with van der Waals surface area (Å²) >= 11 is 16.6. The molecular formula is C38H27BrCl2FN3O5. The normalized spacial score (nSPS) is 27.2. The monoisotopic (exact) mass is 773 g/mol. The van der Waals surface area contributed by atoms with Crippen LogP contribution in [0.15, 0.2) is 107 Å². The maximum Gasteiger partial charge on any atom is 0.260 e. The molecule has 2 aliphatic heterocycles. The van der Waals surface area contributed by atoms with Crippen LogP contribution in [0.5, 0.6) is 5.75 Å². The molecule has 2 saturated heterocycles. The number of anilines is 2. The quantitative estimate of drug-likeness (QED) is 0.159. The predicted molar refractivity (Wildman–Crippen MR) is 189 cm³/mol. The number of halogens is 4. The van der Waals surface area contributed by atoms with E-state index in [0.717, 1.165) is 9.48 Å². The number of phenols is 1. The van der Waals surface area contributed by atoms with E-state index in [2.05, 4.69) is 21.4 Å². The van der Waals surface area contributed by atoms with E-state index in [-0.39, 0.29) is 35.4 Å². The molecule has 8 nitrogen and oxygen atoms in total. The number of carbonyl (C=O) groups excluding carboxylic acids is 4. The minimum absolute atomic E-state index is 0.0845. The first-order chi connectivity index (χ1) is 24.0. The van der Waals surface area contributed by atoms with Crippen molar-refractivity contribution in [2.75, 3.05) is 10.3 Å². The molecule has 4 amide bonds. The molecule has 4 aliphatic rings. The van der Waals surface area contributed by atoms with E-state index in [1.807, 2.05) is 6.08 Å². The molecule has 8 rings (SSSR count). The third-order valence-corrected chi connectivity index (χ3v) is 11.7. The Hall–Kier alpha value is -4.51. The fourth-order valence-electron chi connectivity index (χ4n) is 8.59. The summed E-state index contributed by atoms with van der Waals surface area (Å²) in [7, 11) is 0. The Morgan fingerprint density at radius 1 is 0.840 bits per heavy atom. The Morgan fingerprint density at radius 2 is 1.54 bits per heavy atom. The van der Waals surface area contributed by atoms with Crippen molar-refractivity contribution in [3.05, 3.63) is 134 Å². The molecule has 6 unspecified atom stereocenters. The van der Waals surface area contributed by atoms with Crippen LogP contribution in [0.3, 0.4) is 0 Å². The van der Waals surface area contributed by atoms with Crippen molar-refractivity contribution in [2.24, 2.45) is 23.7 Å². The average Bonchev–Trinajstić information content (AvgIpc) is 3.47. The number of hydrogen-bond acceptors (Lipinski definition) is 6. The third kappa shape index (κ3) is 4.83. The molecule has 252 valence electrons. The van der Waals surface area contributed by atoms with Gasteiger partial charge in [0, 0.05) is 20.4 Å². The van der Waals surface area contributed by atoms with Gasteiger partial charge in [0.1, 0.15) is 11.6 Å². The number of benzene rings is 4. The van der Waals surface area contributed by atoms with Gasteiger partial charge >= 0.3 is 0 Å². The molecule has 2 aliphatic carbocycles. The number of nitrogens with zero attached hydrogens (tertiary/aromatic N) is 2. The highest BCUT2D eigenvalue weighted by Crippen LogP contribution is 2.65. The van der Waals surface area contributed by atoms with E-state index in [1.54, 1.807) is 54.6 Å². The number of hydrogen-bond donors (Lipinski definition) is 2. The van der Waals surface area contributed by atoms with Crippen LogP contribution in [0.4, 0.5) is 15.8 Å². The number of fused-ring (bicyclic) bond motifs is 4. The summed E-state index contributed by atoms with van der Waals surface area (Å²) in [5, 5.41) is 11.9. The number of amides is 4. The van der Waals surface area contributed by atoms with Crippen LogP contribution in [0.1, 0.15) is 29.9 Å². The zero-order chi connectivity index (χ0) is 35.1. The maximum atomic E-state index is 15.2. The Bertz CT molecular complexity index is 2130. The lowest BCUT2D eigenvalue weighted by molar-refractivity contribution is -0.138. The van der Waals surface area contributed by atoms with Crippen molar-refractivity contribution < 1.29 is 28.7 Å². The molecule has 3 fully saturated rings. The van der Waals surface area contributed by atoms with Crippen LogP contribution < -0.4 is 10.3 Å². The van der Waals surface area contributed by atoms with Crippen LogP contribution in [-0.2, 0) is 24.6 Å². The summed E-state index contributed by atoms with van der Waals surface area (Å²) in [5.74, 6) is -6.35. The number of hydrazine groups is 1. The number of imide groups is 2. The molecule has 6 atom stereocenters. The average molecular weight is 775 g/mol. The summed E-state index contributed by atoms with van der Waals surface area (Å²) in [6.45, 7) is 0. The van der Waals surface area contributed by atoms with Gasteiger partial charge < -0.3 is 5.11 Å². The lowest BCUT2D eigenvalue weighted by Crippen LogP contribution is -2.53. The molecule has 0 radical (unpaired) electrons. The fourth-order valence-corrected chi connectivity index (χ4v) is 9.27. The van der Waals surface area contributed by atoms with Gasteiger partial charge in [-0.25, -0.2) is 4.39 Å². The van der Waals surface area contributed by atoms with Crippen LogP contribution in [-0.4, -0.2) is 33.7 Å². The largest absolute Gasteiger partial charge is 0.508 e. The van der Waals surface area contributed by atoms with E-state index < -0.39 is 52.6 Å². The van der Waals surface area contributed by atoms with Gasteiger partial charge in [0.15, 0.2) is 0 Å². The number of rotatable bonds is 5. The number of nitrogens with one attached hydrogen (secondary N) is 1. The Labute approximate surface area is 304 Å². The van der Waals surface area contributed by atoms with E-state index in [9.17, 15) is 23.9 Å². The van der Waals surface area contributed by atoms with E-state index in [0.29, 0.717) is 33.1 Å². The highest BCUT2D eigenvalue weighted by atomic mass is 79.9. The van der Waals surface area contributed by atoms with E-state index in [1.165, 1.54) is 41.3 Å². The molecule has 0 bridgehead atoms. The lowest BCUT2D eigenvalue weighted by Gasteiger charge is -2.50. The number of aromatic hydroxyl groups is 1. The lowest BCUT2D eigenvalue weighted by atomic mass is 9.49. The maximum absolute atomic E-state index is 15.2. The number of allylic oxidation sites excluding steroid dienone is 2. The second-order valence-corrected chi connectivity index (χ2v) is 14.8. The van der Waals surface area contributed by atoms with Crippen molar-refractivity contribution in [1.82, 2.24) is 5.01 Å². The SMILES string of the molecule is O=C1C2CC3C(=CCC4C(=O)N(c5ccc(Br)cc5)C(=O)C43)C(c3ccc(O)cc3Cl)C2(c2ccc(Cl)cc2)C(=O)N1Nc1ccc(F)cc1. The first kappa shape index (κ1) is 32.7.